The summed E-state index contributed by atoms with van der Waals surface area (Å²) in [5.74, 6) is -0.281. The van der Waals surface area contributed by atoms with Crippen molar-refractivity contribution in [3.05, 3.63) is 88.4 Å². The molecule has 7 heteroatoms. The van der Waals surface area contributed by atoms with Gasteiger partial charge in [-0.05, 0) is 59.7 Å². The molecular formula is C25H19ClN2O4. The van der Waals surface area contributed by atoms with E-state index >= 15 is 0 Å². The van der Waals surface area contributed by atoms with Crippen LogP contribution in [0.1, 0.15) is 28.4 Å². The summed E-state index contributed by atoms with van der Waals surface area (Å²) in [5.41, 5.74) is 2.64. The number of hydrogen-bond acceptors (Lipinski definition) is 5. The van der Waals surface area contributed by atoms with E-state index in [0.29, 0.717) is 27.6 Å². The number of nitrogens with zero attached hydrogens (tertiary/aromatic N) is 1. The second-order valence-corrected chi connectivity index (χ2v) is 7.17. The van der Waals surface area contributed by atoms with Crippen molar-refractivity contribution in [3.63, 3.8) is 0 Å². The molecule has 0 bridgehead atoms. The van der Waals surface area contributed by atoms with Crippen LogP contribution < -0.4 is 14.8 Å². The van der Waals surface area contributed by atoms with Gasteiger partial charge in [0.2, 0.25) is 5.91 Å². The summed E-state index contributed by atoms with van der Waals surface area (Å²) in [4.78, 5) is 23.8. The highest BCUT2D eigenvalue weighted by molar-refractivity contribution is 6.30. The summed E-state index contributed by atoms with van der Waals surface area (Å²) in [7, 11) is 1.46. The van der Waals surface area contributed by atoms with Crippen molar-refractivity contribution in [2.75, 3.05) is 12.4 Å². The van der Waals surface area contributed by atoms with Crippen molar-refractivity contribution < 1.29 is 19.1 Å². The molecule has 0 aromatic heterocycles. The van der Waals surface area contributed by atoms with Crippen molar-refractivity contribution in [2.24, 2.45) is 0 Å². The van der Waals surface area contributed by atoms with Gasteiger partial charge in [0.1, 0.15) is 0 Å². The van der Waals surface area contributed by atoms with Crippen molar-refractivity contribution >= 4 is 40.8 Å². The number of nitrogens with one attached hydrogen (secondary N) is 1. The van der Waals surface area contributed by atoms with Crippen LogP contribution in [-0.2, 0) is 4.79 Å². The molecule has 0 spiro atoms. The quantitative estimate of drug-likeness (QED) is 0.231. The van der Waals surface area contributed by atoms with E-state index in [1.807, 2.05) is 0 Å². The molecule has 0 atom stereocenters. The van der Waals surface area contributed by atoms with Crippen LogP contribution in [0.15, 0.2) is 66.7 Å². The Morgan fingerprint density at radius 3 is 2.41 bits per heavy atom. The Morgan fingerprint density at radius 1 is 1.00 bits per heavy atom. The van der Waals surface area contributed by atoms with Gasteiger partial charge in [0.25, 0.3) is 0 Å². The fraction of sp³-hybridized carbons (Fsp3) is 0.0800. The zero-order chi connectivity index (χ0) is 23.1. The minimum absolute atomic E-state index is 0.226. The largest absolute Gasteiger partial charge is 0.493 e. The highest BCUT2D eigenvalue weighted by atomic mass is 35.5. The number of halogens is 1. The first-order valence-corrected chi connectivity index (χ1v) is 9.93. The Balaban J connectivity index is 1.84. The fourth-order valence-corrected chi connectivity index (χ4v) is 3.05. The number of nitriles is 1. The van der Waals surface area contributed by atoms with Gasteiger partial charge < -0.3 is 14.8 Å². The Hall–Kier alpha value is -4.08. The van der Waals surface area contributed by atoms with Crippen LogP contribution in [0, 0.1) is 11.3 Å². The third kappa shape index (κ3) is 5.75. The van der Waals surface area contributed by atoms with E-state index in [0.717, 1.165) is 5.56 Å². The molecular weight excluding hydrogens is 428 g/mol. The van der Waals surface area contributed by atoms with Crippen LogP contribution in [0.4, 0.5) is 5.69 Å². The molecule has 3 aromatic rings. The molecule has 32 heavy (non-hydrogen) atoms. The van der Waals surface area contributed by atoms with E-state index in [9.17, 15) is 14.9 Å². The van der Waals surface area contributed by atoms with Crippen LogP contribution in [0.2, 0.25) is 5.02 Å². The Kier molecular flexibility index (Phi) is 7.27. The molecule has 0 aliphatic carbocycles. The van der Waals surface area contributed by atoms with E-state index in [2.05, 4.69) is 11.4 Å². The van der Waals surface area contributed by atoms with Gasteiger partial charge in [-0.15, -0.1) is 0 Å². The van der Waals surface area contributed by atoms with E-state index in [1.165, 1.54) is 20.1 Å². The van der Waals surface area contributed by atoms with E-state index in [1.54, 1.807) is 66.7 Å². The van der Waals surface area contributed by atoms with Gasteiger partial charge in [0, 0.05) is 17.6 Å². The number of amides is 1. The predicted molar refractivity (Wildman–Crippen MR) is 124 cm³/mol. The molecule has 160 valence electrons. The van der Waals surface area contributed by atoms with Crippen LogP contribution in [0.3, 0.4) is 0 Å². The first-order chi connectivity index (χ1) is 15.4. The zero-order valence-corrected chi connectivity index (χ0v) is 18.1. The van der Waals surface area contributed by atoms with Crippen molar-refractivity contribution in [2.45, 2.75) is 6.92 Å². The molecule has 3 rings (SSSR count). The Bertz CT molecular complexity index is 1230. The predicted octanol–water partition coefficient (Wildman–Crippen LogP) is 5.59. The summed E-state index contributed by atoms with van der Waals surface area (Å²) in [6, 6.07) is 20.5. The van der Waals surface area contributed by atoms with E-state index in [4.69, 9.17) is 21.1 Å². The third-order valence-electron chi connectivity index (χ3n) is 4.40. The monoisotopic (exact) mass is 446 g/mol. The first-order valence-electron chi connectivity index (χ1n) is 9.55. The molecule has 0 saturated heterocycles. The van der Waals surface area contributed by atoms with Crippen molar-refractivity contribution in [1.29, 1.82) is 5.26 Å². The highest BCUT2D eigenvalue weighted by Crippen LogP contribution is 2.31. The number of ether oxygens (including phenoxy) is 2. The minimum atomic E-state index is -0.599. The van der Waals surface area contributed by atoms with Crippen LogP contribution in [0.25, 0.3) is 11.6 Å². The number of anilines is 1. The molecule has 0 radical (unpaired) electrons. The number of benzene rings is 3. The van der Waals surface area contributed by atoms with Gasteiger partial charge in [0.15, 0.2) is 11.5 Å². The van der Waals surface area contributed by atoms with Gasteiger partial charge in [-0.25, -0.2) is 4.79 Å². The molecule has 0 aliphatic heterocycles. The van der Waals surface area contributed by atoms with Gasteiger partial charge in [-0.1, -0.05) is 35.9 Å². The Labute approximate surface area is 190 Å². The topological polar surface area (TPSA) is 88.4 Å². The molecule has 1 N–H and O–H groups in total. The number of hydrogen-bond donors (Lipinski definition) is 1. The molecule has 0 aliphatic rings. The smallest absolute Gasteiger partial charge is 0.343 e. The van der Waals surface area contributed by atoms with Crippen LogP contribution in [-0.4, -0.2) is 19.0 Å². The number of carbonyl (C=O) groups is 2. The molecule has 3 aromatic carbocycles. The van der Waals surface area contributed by atoms with Gasteiger partial charge in [0.05, 0.1) is 24.3 Å². The molecule has 0 unspecified atom stereocenters. The molecule has 0 saturated carbocycles. The number of rotatable bonds is 6. The van der Waals surface area contributed by atoms with Crippen LogP contribution >= 0.6 is 11.6 Å². The lowest BCUT2D eigenvalue weighted by Gasteiger charge is -2.11. The van der Waals surface area contributed by atoms with Gasteiger partial charge >= 0.3 is 5.97 Å². The van der Waals surface area contributed by atoms with Crippen molar-refractivity contribution in [1.82, 2.24) is 0 Å². The number of methoxy groups -OCH3 is 1. The average Bonchev–Trinajstić information content (AvgIpc) is 2.78. The van der Waals surface area contributed by atoms with Crippen molar-refractivity contribution in [3.8, 4) is 17.6 Å². The molecule has 6 nitrogen and oxygen atoms in total. The number of allylic oxidation sites excluding steroid dienone is 1. The lowest BCUT2D eigenvalue weighted by molar-refractivity contribution is -0.114. The summed E-state index contributed by atoms with van der Waals surface area (Å²) in [5, 5.41) is 12.7. The highest BCUT2D eigenvalue weighted by Gasteiger charge is 2.14. The maximum absolute atomic E-state index is 12.6. The molecule has 0 fully saturated rings. The summed E-state index contributed by atoms with van der Waals surface area (Å²) in [6.45, 7) is 1.39. The second-order valence-electron chi connectivity index (χ2n) is 6.74. The second kappa shape index (κ2) is 10.3. The lowest BCUT2D eigenvalue weighted by atomic mass is 10.0. The van der Waals surface area contributed by atoms with E-state index < -0.39 is 5.97 Å². The SMILES string of the molecule is COc1cc(/C=C(/C#N)c2ccc(Cl)cc2)ccc1OC(=O)c1cccc(NC(C)=O)c1. The Morgan fingerprint density at radius 2 is 1.75 bits per heavy atom. The summed E-state index contributed by atoms with van der Waals surface area (Å²) in [6.07, 6.45) is 1.70. The minimum Gasteiger partial charge on any atom is -0.493 e. The maximum Gasteiger partial charge on any atom is 0.343 e. The lowest BCUT2D eigenvalue weighted by Crippen LogP contribution is -2.11. The first kappa shape index (κ1) is 22.6. The van der Waals surface area contributed by atoms with Gasteiger partial charge in [-0.3, -0.25) is 4.79 Å². The maximum atomic E-state index is 12.6. The van der Waals surface area contributed by atoms with Gasteiger partial charge in [-0.2, -0.15) is 5.26 Å². The molecule has 0 heterocycles. The normalized spacial score (nSPS) is 10.8. The standard InChI is InChI=1S/C25H19ClN2O4/c1-16(29)28-22-5-3-4-19(14-22)25(30)32-23-11-6-17(13-24(23)31-2)12-20(15-27)18-7-9-21(26)10-8-18/h3-14H,1-2H3,(H,28,29)/b20-12-. The van der Waals surface area contributed by atoms with E-state index in [-0.39, 0.29) is 17.2 Å². The zero-order valence-electron chi connectivity index (χ0n) is 17.4. The average molecular weight is 447 g/mol. The fourth-order valence-electron chi connectivity index (χ4n) is 2.92. The number of carbonyl (C=O) groups excluding carboxylic acids is 2. The third-order valence-corrected chi connectivity index (χ3v) is 4.65. The molecule has 1 amide bonds. The summed E-state index contributed by atoms with van der Waals surface area (Å²) >= 11 is 5.91. The summed E-state index contributed by atoms with van der Waals surface area (Å²) < 4.78 is 10.9. The van der Waals surface area contributed by atoms with Crippen LogP contribution in [0.5, 0.6) is 11.5 Å². The number of esters is 1.